The van der Waals surface area contributed by atoms with Crippen LogP contribution in [0, 0.1) is 5.82 Å². The molecule has 0 amide bonds. The first kappa shape index (κ1) is 21.4. The molecular formula is C20H18Cl2F3NOS. The Morgan fingerprint density at radius 3 is 2.21 bits per heavy atom. The minimum atomic E-state index is -3.49. The van der Waals surface area contributed by atoms with Crippen molar-refractivity contribution in [2.75, 3.05) is 6.61 Å². The molecule has 2 aromatic rings. The quantitative estimate of drug-likeness (QED) is 0.539. The Kier molecular flexibility index (Phi) is 5.47. The van der Waals surface area contributed by atoms with Gasteiger partial charge < -0.3 is 10.1 Å². The van der Waals surface area contributed by atoms with Crippen LogP contribution in [0.25, 0.3) is 11.1 Å². The first-order chi connectivity index (χ1) is 12.9. The van der Waals surface area contributed by atoms with E-state index in [9.17, 15) is 4.39 Å². The molecule has 0 bridgehead atoms. The van der Waals surface area contributed by atoms with Crippen molar-refractivity contribution in [3.05, 3.63) is 57.8 Å². The lowest BCUT2D eigenvalue weighted by molar-refractivity contribution is -0.216. The highest BCUT2D eigenvalue weighted by atomic mass is 35.5. The number of nitrogens with one attached hydrogen (secondary N) is 1. The second kappa shape index (κ2) is 7.17. The number of hydrogen-bond donors (Lipinski definition) is 1. The molecule has 1 heterocycles. The number of rotatable bonds is 2. The van der Waals surface area contributed by atoms with Gasteiger partial charge >= 0.3 is 5.92 Å². The molecule has 1 unspecified atom stereocenters. The number of alkyl halides is 2. The van der Waals surface area contributed by atoms with Gasteiger partial charge in [0.2, 0.25) is 0 Å². The summed E-state index contributed by atoms with van der Waals surface area (Å²) < 4.78 is 51.2. The molecule has 1 N–H and O–H groups in total. The van der Waals surface area contributed by atoms with Gasteiger partial charge in [-0.2, -0.15) is 0 Å². The van der Waals surface area contributed by atoms with E-state index >= 15 is 8.78 Å². The highest BCUT2D eigenvalue weighted by Gasteiger charge is 2.64. The summed E-state index contributed by atoms with van der Waals surface area (Å²) in [6.45, 7) is 3.57. The third-order valence-electron chi connectivity index (χ3n) is 5.04. The van der Waals surface area contributed by atoms with Crippen LogP contribution < -0.4 is 5.32 Å². The molecule has 1 fully saturated rings. The lowest BCUT2D eigenvalue weighted by atomic mass is 9.77. The van der Waals surface area contributed by atoms with E-state index in [2.05, 4.69) is 5.32 Å². The molecule has 2 aromatic carbocycles. The van der Waals surface area contributed by atoms with Gasteiger partial charge in [0, 0.05) is 15.6 Å². The minimum absolute atomic E-state index is 0.0725. The van der Waals surface area contributed by atoms with Crippen LogP contribution in [-0.2, 0) is 10.3 Å². The molecule has 0 aromatic heterocycles. The van der Waals surface area contributed by atoms with Gasteiger partial charge in [-0.05, 0) is 62.2 Å². The smallest absolute Gasteiger partial charge is 0.302 e. The highest BCUT2D eigenvalue weighted by Crippen LogP contribution is 2.48. The number of ether oxygens (including phenoxy) is 1. The van der Waals surface area contributed by atoms with E-state index < -0.39 is 22.9 Å². The Balaban J connectivity index is 2.22. The summed E-state index contributed by atoms with van der Waals surface area (Å²) in [5.41, 5.74) is -3.16. The van der Waals surface area contributed by atoms with Crippen molar-refractivity contribution >= 4 is 40.4 Å². The predicted octanol–water partition coefficient (Wildman–Crippen LogP) is 6.38. The second-order valence-electron chi connectivity index (χ2n) is 7.40. The van der Waals surface area contributed by atoms with Crippen molar-refractivity contribution in [1.29, 1.82) is 0 Å². The summed E-state index contributed by atoms with van der Waals surface area (Å²) in [6.07, 6.45) is 0. The summed E-state index contributed by atoms with van der Waals surface area (Å²) in [5.74, 6) is -4.28. The van der Waals surface area contributed by atoms with Crippen LogP contribution in [0.5, 0.6) is 0 Å². The summed E-state index contributed by atoms with van der Waals surface area (Å²) in [7, 11) is 0. The van der Waals surface area contributed by atoms with Crippen molar-refractivity contribution in [2.45, 2.75) is 37.8 Å². The first-order valence-corrected chi connectivity index (χ1v) is 9.63. The molecule has 3 rings (SSSR count). The normalized spacial score (nSPS) is 23.8. The lowest BCUT2D eigenvalue weighted by Crippen LogP contribution is -2.62. The van der Waals surface area contributed by atoms with E-state index in [1.165, 1.54) is 32.9 Å². The molecule has 0 saturated carbocycles. The predicted molar refractivity (Wildman–Crippen MR) is 110 cm³/mol. The maximum absolute atomic E-state index is 15.5. The Labute approximate surface area is 177 Å². The Bertz CT molecular complexity index is 931. The average molecular weight is 448 g/mol. The third-order valence-corrected chi connectivity index (χ3v) is 5.69. The minimum Gasteiger partial charge on any atom is -0.363 e. The maximum Gasteiger partial charge on any atom is 0.302 e. The van der Waals surface area contributed by atoms with Crippen molar-refractivity contribution in [1.82, 2.24) is 5.32 Å². The van der Waals surface area contributed by atoms with Crippen LogP contribution in [0.2, 0.25) is 10.0 Å². The van der Waals surface area contributed by atoms with Crippen LogP contribution in [0.15, 0.2) is 36.4 Å². The molecule has 0 radical (unpaired) electrons. The fourth-order valence-electron chi connectivity index (χ4n) is 3.38. The fraction of sp³-hybridized carbons (Fsp3) is 0.350. The lowest BCUT2D eigenvalue weighted by Gasteiger charge is -2.44. The van der Waals surface area contributed by atoms with Crippen LogP contribution >= 0.6 is 35.4 Å². The second-order valence-corrected chi connectivity index (χ2v) is 8.76. The Hall–Kier alpha value is -1.34. The van der Waals surface area contributed by atoms with Gasteiger partial charge in [0.25, 0.3) is 0 Å². The van der Waals surface area contributed by atoms with E-state index in [0.29, 0.717) is 21.2 Å². The number of thiocarbonyl (C=S) groups is 1. The van der Waals surface area contributed by atoms with Crippen LogP contribution in [-0.4, -0.2) is 23.1 Å². The molecule has 1 atom stereocenters. The summed E-state index contributed by atoms with van der Waals surface area (Å²) in [4.78, 5) is 0.0725. The number of benzene rings is 2. The standard InChI is InChI=1S/C20H18Cl2F3NOS/c1-18(2)20(24,25)19(3,26-17(28)10-27-18)15-8-11(4-5-16(15)23)12-6-13(21)9-14(22)7-12/h4-9H,10H2,1-3H3,(H,26,28). The molecule has 28 heavy (non-hydrogen) atoms. The zero-order valence-electron chi connectivity index (χ0n) is 15.4. The fourth-order valence-corrected chi connectivity index (χ4v) is 4.17. The highest BCUT2D eigenvalue weighted by molar-refractivity contribution is 7.80. The van der Waals surface area contributed by atoms with E-state index in [1.807, 2.05) is 0 Å². The molecular weight excluding hydrogens is 430 g/mol. The summed E-state index contributed by atoms with van der Waals surface area (Å²) in [5, 5.41) is 3.39. The van der Waals surface area contributed by atoms with E-state index in [4.69, 9.17) is 40.2 Å². The summed E-state index contributed by atoms with van der Waals surface area (Å²) >= 11 is 17.2. The Morgan fingerprint density at radius 1 is 1.00 bits per heavy atom. The van der Waals surface area contributed by atoms with Gasteiger partial charge in [0.1, 0.15) is 21.9 Å². The molecule has 0 aliphatic carbocycles. The maximum atomic E-state index is 15.5. The largest absolute Gasteiger partial charge is 0.363 e. The van der Waals surface area contributed by atoms with E-state index in [-0.39, 0.29) is 17.2 Å². The molecule has 2 nitrogen and oxygen atoms in total. The molecule has 1 saturated heterocycles. The van der Waals surface area contributed by atoms with E-state index in [0.717, 1.165) is 6.07 Å². The molecule has 150 valence electrons. The van der Waals surface area contributed by atoms with E-state index in [1.54, 1.807) is 18.2 Å². The van der Waals surface area contributed by atoms with Gasteiger partial charge in [-0.3, -0.25) is 0 Å². The Morgan fingerprint density at radius 2 is 1.61 bits per heavy atom. The molecule has 1 aliphatic heterocycles. The third kappa shape index (κ3) is 3.52. The van der Waals surface area contributed by atoms with Crippen molar-refractivity contribution in [3.63, 3.8) is 0 Å². The van der Waals surface area contributed by atoms with Gasteiger partial charge in [-0.15, -0.1) is 0 Å². The van der Waals surface area contributed by atoms with Gasteiger partial charge in [0.15, 0.2) is 0 Å². The van der Waals surface area contributed by atoms with Crippen LogP contribution in [0.3, 0.4) is 0 Å². The zero-order chi connectivity index (χ0) is 20.9. The molecule has 0 spiro atoms. The first-order valence-electron chi connectivity index (χ1n) is 8.47. The van der Waals surface area contributed by atoms with Crippen LogP contribution in [0.1, 0.15) is 26.3 Å². The van der Waals surface area contributed by atoms with Crippen molar-refractivity contribution in [2.24, 2.45) is 0 Å². The van der Waals surface area contributed by atoms with Gasteiger partial charge in [-0.25, -0.2) is 13.2 Å². The number of hydrogen-bond acceptors (Lipinski definition) is 2. The zero-order valence-corrected chi connectivity index (χ0v) is 17.7. The van der Waals surface area contributed by atoms with Crippen LogP contribution in [0.4, 0.5) is 13.2 Å². The van der Waals surface area contributed by atoms with Gasteiger partial charge in [0.05, 0.1) is 6.61 Å². The SMILES string of the molecule is CC1(C)OCC(=S)NC(C)(c2cc(-c3cc(Cl)cc(Cl)c3)ccc2F)C1(F)F. The molecule has 8 heteroatoms. The number of halogens is 5. The summed E-state index contributed by atoms with van der Waals surface area (Å²) in [6, 6.07) is 8.80. The topological polar surface area (TPSA) is 21.3 Å². The van der Waals surface area contributed by atoms with Crippen molar-refractivity contribution < 1.29 is 17.9 Å². The molecule has 1 aliphatic rings. The van der Waals surface area contributed by atoms with Gasteiger partial charge in [-0.1, -0.05) is 41.5 Å². The van der Waals surface area contributed by atoms with Crippen molar-refractivity contribution in [3.8, 4) is 11.1 Å². The monoisotopic (exact) mass is 447 g/mol. The average Bonchev–Trinajstić information content (AvgIpc) is 2.64.